The zero-order chi connectivity index (χ0) is 13.4. The van der Waals surface area contributed by atoms with Crippen molar-refractivity contribution in [2.45, 2.75) is 0 Å². The predicted molar refractivity (Wildman–Crippen MR) is 67.7 cm³/mol. The van der Waals surface area contributed by atoms with Crippen molar-refractivity contribution in [2.75, 3.05) is 0 Å². The Morgan fingerprint density at radius 2 is 2.00 bits per heavy atom. The molecular weight excluding hydrogens is 260 g/mol. The fourth-order valence-corrected chi connectivity index (χ4v) is 1.69. The van der Waals surface area contributed by atoms with Crippen LogP contribution in [0.15, 0.2) is 47.1 Å². The molecule has 1 aliphatic heterocycles. The van der Waals surface area contributed by atoms with Gasteiger partial charge in [-0.15, -0.1) is 20.7 Å². The highest BCUT2D eigenvalue weighted by molar-refractivity contribution is 5.91. The number of hydrogen-bond donors (Lipinski definition) is 0. The Hall–Kier alpha value is -3.30. The zero-order valence-corrected chi connectivity index (χ0v) is 10.0. The van der Waals surface area contributed by atoms with E-state index in [1.54, 1.807) is 21.8 Å². The third-order valence-corrected chi connectivity index (χ3v) is 2.58. The van der Waals surface area contributed by atoms with Crippen molar-refractivity contribution in [3.8, 4) is 11.8 Å². The largest absolute Gasteiger partial charge is 0.273 e. The van der Waals surface area contributed by atoms with Crippen LogP contribution in [0.5, 0.6) is 0 Å². The van der Waals surface area contributed by atoms with Crippen molar-refractivity contribution in [1.82, 2.24) is 39.8 Å². The average Bonchev–Trinajstić information content (AvgIpc) is 3.22. The lowest BCUT2D eigenvalue weighted by Crippen LogP contribution is -2.09. The van der Waals surface area contributed by atoms with E-state index in [-0.39, 0.29) is 0 Å². The first-order valence-corrected chi connectivity index (χ1v) is 5.68. The maximum atomic E-state index is 4.34. The van der Waals surface area contributed by atoms with Crippen LogP contribution in [0.3, 0.4) is 0 Å². The number of nitrogens with zero attached hydrogens (tertiary/aromatic N) is 10. The highest BCUT2D eigenvalue weighted by Crippen LogP contribution is 2.06. The second-order valence-electron chi connectivity index (χ2n) is 3.82. The maximum absolute atomic E-state index is 4.34. The molecule has 10 nitrogen and oxygen atoms in total. The fourth-order valence-electron chi connectivity index (χ4n) is 1.69. The number of aliphatic imine (C=N–C) groups is 1. The van der Waals surface area contributed by atoms with Gasteiger partial charge in [0.1, 0.15) is 12.7 Å². The molecule has 0 N–H and O–H groups in total. The summed E-state index contributed by atoms with van der Waals surface area (Å²) in [5.41, 5.74) is 3.63. The first-order chi connectivity index (χ1) is 9.90. The molecule has 0 amide bonds. The van der Waals surface area contributed by atoms with E-state index in [1.165, 1.54) is 17.3 Å². The molecular formula is C10H7N10. The van der Waals surface area contributed by atoms with Gasteiger partial charge in [0.15, 0.2) is 5.82 Å². The van der Waals surface area contributed by atoms with Crippen LogP contribution in [0.25, 0.3) is 11.8 Å². The Kier molecular flexibility index (Phi) is 2.18. The Morgan fingerprint density at radius 3 is 2.80 bits per heavy atom. The highest BCUT2D eigenvalue weighted by atomic mass is 15.5. The molecule has 0 aliphatic carbocycles. The second kappa shape index (κ2) is 4.12. The van der Waals surface area contributed by atoms with Crippen LogP contribution in [0.2, 0.25) is 0 Å². The van der Waals surface area contributed by atoms with E-state index >= 15 is 0 Å². The molecule has 0 bridgehead atoms. The molecule has 0 unspecified atom stereocenters. The molecule has 1 aliphatic rings. The molecule has 0 saturated heterocycles. The van der Waals surface area contributed by atoms with Gasteiger partial charge in [-0.2, -0.15) is 19.8 Å². The molecule has 0 atom stereocenters. The molecule has 20 heavy (non-hydrogen) atoms. The summed E-state index contributed by atoms with van der Waals surface area (Å²) in [7, 11) is 0. The van der Waals surface area contributed by atoms with E-state index < -0.39 is 0 Å². The lowest BCUT2D eigenvalue weighted by molar-refractivity contribution is 0.757. The van der Waals surface area contributed by atoms with Crippen molar-refractivity contribution in [1.29, 1.82) is 0 Å². The van der Waals surface area contributed by atoms with Crippen molar-refractivity contribution in [3.05, 3.63) is 37.1 Å². The van der Waals surface area contributed by atoms with Gasteiger partial charge in [-0.25, -0.2) is 9.36 Å². The molecule has 0 spiro atoms. The summed E-state index contributed by atoms with van der Waals surface area (Å²) < 4.78 is 4.62. The smallest absolute Gasteiger partial charge is 0.221 e. The standard InChI is InChI=1S/C10H7N10/c1-3-14-18(4-1)8-2-5-19(16-8)10-12-7-20(17-10)9-11-6-13-15-9/h1-7H. The molecule has 4 rings (SSSR count). The summed E-state index contributed by atoms with van der Waals surface area (Å²) in [6.07, 6.45) is 8.09. The van der Waals surface area contributed by atoms with Gasteiger partial charge in [0, 0.05) is 24.7 Å². The third-order valence-electron chi connectivity index (χ3n) is 2.58. The van der Waals surface area contributed by atoms with E-state index in [1.807, 2.05) is 18.3 Å². The van der Waals surface area contributed by atoms with E-state index in [0.29, 0.717) is 17.7 Å². The Bertz CT molecular complexity index is 790. The normalized spacial score (nSPS) is 13.5. The Morgan fingerprint density at radius 1 is 1.00 bits per heavy atom. The highest BCUT2D eigenvalue weighted by Gasteiger charge is 2.11. The van der Waals surface area contributed by atoms with Crippen molar-refractivity contribution in [3.63, 3.8) is 0 Å². The van der Waals surface area contributed by atoms with E-state index in [4.69, 9.17) is 0 Å². The van der Waals surface area contributed by atoms with Crippen molar-refractivity contribution < 1.29 is 0 Å². The van der Waals surface area contributed by atoms with Gasteiger partial charge in [0.25, 0.3) is 11.9 Å². The zero-order valence-electron chi connectivity index (χ0n) is 10.0. The summed E-state index contributed by atoms with van der Waals surface area (Å²) >= 11 is 0. The van der Waals surface area contributed by atoms with Crippen LogP contribution in [-0.4, -0.2) is 46.6 Å². The second-order valence-corrected chi connectivity index (χ2v) is 3.82. The number of aromatic nitrogens is 7. The molecule has 0 fully saturated rings. The first kappa shape index (κ1) is 10.6. The van der Waals surface area contributed by atoms with Crippen LogP contribution in [0.1, 0.15) is 0 Å². The summed E-state index contributed by atoms with van der Waals surface area (Å²) in [5, 5.41) is 16.5. The molecule has 0 aromatic carbocycles. The minimum Gasteiger partial charge on any atom is -0.221 e. The summed E-state index contributed by atoms with van der Waals surface area (Å²) in [4.78, 5) is 8.09. The molecule has 97 valence electrons. The summed E-state index contributed by atoms with van der Waals surface area (Å²) in [6, 6.07) is 3.64. The topological polar surface area (TPSA) is 105 Å². The lowest BCUT2D eigenvalue weighted by atomic mass is 10.6. The third kappa shape index (κ3) is 1.67. The van der Waals surface area contributed by atoms with E-state index in [9.17, 15) is 0 Å². The van der Waals surface area contributed by atoms with Crippen molar-refractivity contribution >= 4 is 12.3 Å². The fraction of sp³-hybridized carbons (Fsp3) is 0. The molecule has 0 saturated carbocycles. The van der Waals surface area contributed by atoms with E-state index in [0.717, 1.165) is 0 Å². The number of hydrogen-bond acceptors (Lipinski definition) is 6. The van der Waals surface area contributed by atoms with Crippen LogP contribution < -0.4 is 5.43 Å². The molecule has 4 heterocycles. The lowest BCUT2D eigenvalue weighted by Gasteiger charge is -1.95. The monoisotopic (exact) mass is 267 g/mol. The van der Waals surface area contributed by atoms with Gasteiger partial charge < -0.3 is 0 Å². The summed E-state index contributed by atoms with van der Waals surface area (Å²) in [6.45, 7) is 0. The quantitative estimate of drug-likeness (QED) is 0.619. The minimum atomic E-state index is 0.364. The van der Waals surface area contributed by atoms with Gasteiger partial charge >= 0.3 is 0 Å². The summed E-state index contributed by atoms with van der Waals surface area (Å²) in [5.74, 6) is 1.45. The Labute approximate surface area is 112 Å². The van der Waals surface area contributed by atoms with Crippen LogP contribution in [-0.2, 0) is 0 Å². The minimum absolute atomic E-state index is 0.364. The average molecular weight is 267 g/mol. The van der Waals surface area contributed by atoms with Gasteiger partial charge in [-0.3, -0.25) is 0 Å². The van der Waals surface area contributed by atoms with Gasteiger partial charge in [0.05, 0.1) is 0 Å². The van der Waals surface area contributed by atoms with Gasteiger partial charge in [-0.1, -0.05) is 0 Å². The molecule has 3 aromatic heterocycles. The predicted octanol–water partition coefficient (Wildman–Crippen LogP) is -0.585. The molecule has 10 heteroatoms. The van der Waals surface area contributed by atoms with Crippen molar-refractivity contribution in [2.24, 2.45) is 10.1 Å². The van der Waals surface area contributed by atoms with Gasteiger partial charge in [-0.05, 0) is 6.07 Å². The Balaban J connectivity index is 1.66. The number of rotatable bonds is 2. The SMILES string of the molecule is C1=NC(n2cnc(-n3ccc(-n4cccn4)n3)n2)=N[N]1. The van der Waals surface area contributed by atoms with Crippen LogP contribution in [0.4, 0.5) is 0 Å². The van der Waals surface area contributed by atoms with Crippen LogP contribution >= 0.6 is 0 Å². The maximum Gasteiger partial charge on any atom is 0.273 e. The van der Waals surface area contributed by atoms with Gasteiger partial charge in [0.2, 0.25) is 0 Å². The van der Waals surface area contributed by atoms with Crippen LogP contribution in [0, 0.1) is 0 Å². The first-order valence-electron chi connectivity index (χ1n) is 5.68. The van der Waals surface area contributed by atoms with E-state index in [2.05, 4.69) is 35.8 Å². The molecule has 3 aromatic rings. The molecule has 1 radical (unpaired) electrons.